The first-order valence-electron chi connectivity index (χ1n) is 9.18. The molecule has 0 unspecified atom stereocenters. The number of ketones is 1. The number of nitrogens with zero attached hydrogens (tertiary/aromatic N) is 1. The van der Waals surface area contributed by atoms with E-state index in [1.54, 1.807) is 0 Å². The Hall–Kier alpha value is -1.74. The quantitative estimate of drug-likeness (QED) is 0.735. The van der Waals surface area contributed by atoms with Gasteiger partial charge in [-0.25, -0.2) is 0 Å². The fourth-order valence-corrected chi connectivity index (χ4v) is 3.79. The summed E-state index contributed by atoms with van der Waals surface area (Å²) >= 11 is 0. The molecule has 0 bridgehead atoms. The van der Waals surface area contributed by atoms with Gasteiger partial charge in [-0.3, -0.25) is 9.78 Å². The van der Waals surface area contributed by atoms with Gasteiger partial charge in [-0.15, -0.1) is 0 Å². The van der Waals surface area contributed by atoms with Crippen molar-refractivity contribution < 1.29 is 9.53 Å². The Bertz CT molecular complexity index is 730. The lowest BCUT2D eigenvalue weighted by Crippen LogP contribution is -2.26. The van der Waals surface area contributed by atoms with E-state index in [9.17, 15) is 4.79 Å². The Morgan fingerprint density at radius 3 is 2.58 bits per heavy atom. The van der Waals surface area contributed by atoms with Crippen LogP contribution in [0.15, 0.2) is 24.3 Å². The molecule has 0 N–H and O–H groups in total. The summed E-state index contributed by atoms with van der Waals surface area (Å²) in [5.41, 5.74) is 4.14. The number of hydrogen-bond donors (Lipinski definition) is 0. The number of Topliss-reactive ketones (excluding diaryl/α,β-unsaturated/α-hetero) is 1. The van der Waals surface area contributed by atoms with Crippen LogP contribution in [-0.4, -0.2) is 23.5 Å². The summed E-state index contributed by atoms with van der Waals surface area (Å²) in [7, 11) is 0. The van der Waals surface area contributed by atoms with Crippen molar-refractivity contribution in [3.05, 3.63) is 41.1 Å². The number of aromatic nitrogens is 1. The molecule has 2 aromatic rings. The van der Waals surface area contributed by atoms with Crippen LogP contribution in [-0.2, 0) is 11.2 Å². The highest BCUT2D eigenvalue weighted by Gasteiger charge is 2.27. The smallest absolute Gasteiger partial charge is 0.165 e. The van der Waals surface area contributed by atoms with Gasteiger partial charge in [0, 0.05) is 29.2 Å². The molecule has 1 saturated carbocycles. The monoisotopic (exact) mass is 325 g/mol. The van der Waals surface area contributed by atoms with Crippen LogP contribution in [0.5, 0.6) is 0 Å². The zero-order chi connectivity index (χ0) is 17.1. The van der Waals surface area contributed by atoms with Crippen molar-refractivity contribution in [3.63, 3.8) is 0 Å². The molecule has 1 aromatic heterocycles. The minimum atomic E-state index is 0.142. The largest absolute Gasteiger partial charge is 0.379 e. The Balaban J connectivity index is 1.79. The molecule has 1 fully saturated rings. The van der Waals surface area contributed by atoms with Gasteiger partial charge in [0.2, 0.25) is 0 Å². The predicted octanol–water partition coefficient (Wildman–Crippen LogP) is 4.88. The third-order valence-electron chi connectivity index (χ3n) is 5.22. The molecule has 1 aliphatic carbocycles. The first kappa shape index (κ1) is 17.1. The standard InChI is InChI=1S/C21H27NO2/c1-4-15-12-18-13-17(8-11-20(18)22-14(15)3)21(23)16-6-9-19(10-7-16)24-5-2/h8,11-13,16,19H,4-7,9-10H2,1-3H3. The molecule has 128 valence electrons. The van der Waals surface area contributed by atoms with Gasteiger partial charge >= 0.3 is 0 Å². The highest BCUT2D eigenvalue weighted by atomic mass is 16.5. The minimum Gasteiger partial charge on any atom is -0.379 e. The molecule has 3 rings (SSSR count). The number of benzene rings is 1. The number of aryl methyl sites for hydroxylation is 2. The zero-order valence-corrected chi connectivity index (χ0v) is 15.0. The molecule has 0 radical (unpaired) electrons. The van der Waals surface area contributed by atoms with Gasteiger partial charge in [0.05, 0.1) is 11.6 Å². The normalized spacial score (nSPS) is 21.1. The Morgan fingerprint density at radius 2 is 1.92 bits per heavy atom. The fourth-order valence-electron chi connectivity index (χ4n) is 3.79. The van der Waals surface area contributed by atoms with Crippen LogP contribution in [0.25, 0.3) is 10.9 Å². The zero-order valence-electron chi connectivity index (χ0n) is 15.0. The lowest BCUT2D eigenvalue weighted by Gasteiger charge is -2.27. The lowest BCUT2D eigenvalue weighted by atomic mass is 9.82. The highest BCUT2D eigenvalue weighted by Crippen LogP contribution is 2.30. The number of rotatable bonds is 5. The SMILES string of the molecule is CCOC1CCC(C(=O)c2ccc3nc(C)c(CC)cc3c2)CC1. The van der Waals surface area contributed by atoms with Gasteiger partial charge in [-0.05, 0) is 75.8 Å². The Morgan fingerprint density at radius 1 is 1.17 bits per heavy atom. The Labute approximate surface area is 144 Å². The topological polar surface area (TPSA) is 39.2 Å². The van der Waals surface area contributed by atoms with E-state index in [4.69, 9.17) is 4.74 Å². The molecule has 0 atom stereocenters. The van der Waals surface area contributed by atoms with E-state index in [2.05, 4.69) is 18.0 Å². The van der Waals surface area contributed by atoms with Gasteiger partial charge in [-0.1, -0.05) is 6.92 Å². The molecule has 1 aromatic carbocycles. The third-order valence-corrected chi connectivity index (χ3v) is 5.22. The summed E-state index contributed by atoms with van der Waals surface area (Å²) in [4.78, 5) is 17.5. The molecule has 0 aliphatic heterocycles. The van der Waals surface area contributed by atoms with Crippen LogP contribution in [0.4, 0.5) is 0 Å². The van der Waals surface area contributed by atoms with Crippen molar-refractivity contribution in [3.8, 4) is 0 Å². The maximum Gasteiger partial charge on any atom is 0.165 e. The van der Waals surface area contributed by atoms with E-state index in [0.29, 0.717) is 6.10 Å². The van der Waals surface area contributed by atoms with E-state index in [1.165, 1.54) is 5.56 Å². The highest BCUT2D eigenvalue weighted by molar-refractivity contribution is 6.01. The number of carbonyl (C=O) groups is 1. The van der Waals surface area contributed by atoms with Crippen LogP contribution in [0.2, 0.25) is 0 Å². The van der Waals surface area contributed by atoms with Crippen molar-refractivity contribution in [2.45, 2.75) is 59.0 Å². The van der Waals surface area contributed by atoms with E-state index in [0.717, 1.165) is 60.9 Å². The van der Waals surface area contributed by atoms with E-state index < -0.39 is 0 Å². The van der Waals surface area contributed by atoms with Gasteiger partial charge < -0.3 is 4.74 Å². The maximum absolute atomic E-state index is 12.9. The fraction of sp³-hybridized carbons (Fsp3) is 0.524. The third kappa shape index (κ3) is 3.51. The van der Waals surface area contributed by atoms with Gasteiger partial charge in [0.15, 0.2) is 5.78 Å². The van der Waals surface area contributed by atoms with Crippen LogP contribution in [0.1, 0.15) is 61.1 Å². The molecule has 1 heterocycles. The molecule has 3 heteroatoms. The van der Waals surface area contributed by atoms with E-state index in [-0.39, 0.29) is 11.7 Å². The van der Waals surface area contributed by atoms with E-state index in [1.807, 2.05) is 32.0 Å². The van der Waals surface area contributed by atoms with Crippen LogP contribution in [0, 0.1) is 12.8 Å². The van der Waals surface area contributed by atoms with Gasteiger partial charge in [0.25, 0.3) is 0 Å². The molecule has 1 aliphatic rings. The van der Waals surface area contributed by atoms with Gasteiger partial charge in [0.1, 0.15) is 0 Å². The summed E-state index contributed by atoms with van der Waals surface area (Å²) in [6, 6.07) is 8.14. The number of hydrogen-bond acceptors (Lipinski definition) is 3. The van der Waals surface area contributed by atoms with Gasteiger partial charge in [-0.2, -0.15) is 0 Å². The lowest BCUT2D eigenvalue weighted by molar-refractivity contribution is 0.0258. The van der Waals surface area contributed by atoms with Crippen LogP contribution >= 0.6 is 0 Å². The number of pyridine rings is 1. The van der Waals surface area contributed by atoms with Crippen molar-refractivity contribution in [1.29, 1.82) is 0 Å². The summed E-state index contributed by atoms with van der Waals surface area (Å²) < 4.78 is 5.69. The second kappa shape index (κ2) is 7.43. The predicted molar refractivity (Wildman–Crippen MR) is 97.6 cm³/mol. The first-order chi connectivity index (χ1) is 11.6. The Kier molecular flexibility index (Phi) is 5.30. The molecule has 0 saturated heterocycles. The summed E-state index contributed by atoms with van der Waals surface area (Å²) in [6.07, 6.45) is 5.18. The second-order valence-corrected chi connectivity index (χ2v) is 6.79. The maximum atomic E-state index is 12.9. The van der Waals surface area contributed by atoms with Crippen molar-refractivity contribution >= 4 is 16.7 Å². The average molecular weight is 325 g/mol. The molecule has 0 amide bonds. The summed E-state index contributed by atoms with van der Waals surface area (Å²) in [6.45, 7) is 6.99. The summed E-state index contributed by atoms with van der Waals surface area (Å²) in [5.74, 6) is 0.425. The minimum absolute atomic E-state index is 0.142. The average Bonchev–Trinajstić information content (AvgIpc) is 2.61. The van der Waals surface area contributed by atoms with Crippen molar-refractivity contribution in [1.82, 2.24) is 4.98 Å². The number of ether oxygens (including phenoxy) is 1. The molecule has 24 heavy (non-hydrogen) atoms. The molecule has 0 spiro atoms. The molecular formula is C21H27NO2. The first-order valence-corrected chi connectivity index (χ1v) is 9.18. The molecule has 3 nitrogen and oxygen atoms in total. The molecular weight excluding hydrogens is 298 g/mol. The number of carbonyl (C=O) groups excluding carboxylic acids is 1. The summed E-state index contributed by atoms with van der Waals surface area (Å²) in [5, 5.41) is 1.08. The van der Waals surface area contributed by atoms with Crippen LogP contribution < -0.4 is 0 Å². The van der Waals surface area contributed by atoms with Crippen molar-refractivity contribution in [2.24, 2.45) is 5.92 Å². The number of fused-ring (bicyclic) bond motifs is 1. The van der Waals surface area contributed by atoms with Crippen molar-refractivity contribution in [2.75, 3.05) is 6.61 Å². The van der Waals surface area contributed by atoms with E-state index >= 15 is 0 Å². The van der Waals surface area contributed by atoms with Crippen LogP contribution in [0.3, 0.4) is 0 Å². The second-order valence-electron chi connectivity index (χ2n) is 6.79.